The Labute approximate surface area is 182 Å². The van der Waals surface area contributed by atoms with Gasteiger partial charge in [-0.3, -0.25) is 4.79 Å². The van der Waals surface area contributed by atoms with Crippen LogP contribution in [0.25, 0.3) is 0 Å². The molecular formula is C24H42O6. The maximum absolute atomic E-state index is 11.8. The number of ether oxygens (including phenoxy) is 2. The van der Waals surface area contributed by atoms with Gasteiger partial charge in [-0.2, -0.15) is 0 Å². The summed E-state index contributed by atoms with van der Waals surface area (Å²) in [5.41, 5.74) is 0. The number of unbranched alkanes of at least 4 members (excludes halogenated alkanes) is 11. The second kappa shape index (κ2) is 19.1. The van der Waals surface area contributed by atoms with Crippen LogP contribution in [0.1, 0.15) is 111 Å². The normalized spacial score (nSPS) is 13.2. The minimum atomic E-state index is -1.26. The van der Waals surface area contributed by atoms with Crippen LogP contribution in [-0.4, -0.2) is 35.2 Å². The number of carbonyl (C=O) groups excluding carboxylic acids is 2. The molecule has 0 bridgehead atoms. The molecule has 174 valence electrons. The molecule has 30 heavy (non-hydrogen) atoms. The molecule has 2 atom stereocenters. The number of allylic oxidation sites excluding steroid dienone is 2. The van der Waals surface area contributed by atoms with E-state index in [1.807, 2.05) is 0 Å². The van der Waals surface area contributed by atoms with Crippen molar-refractivity contribution in [3.8, 4) is 0 Å². The van der Waals surface area contributed by atoms with Crippen molar-refractivity contribution < 1.29 is 29.0 Å². The minimum absolute atomic E-state index is 0.254. The second-order valence-electron chi connectivity index (χ2n) is 7.88. The Balaban J connectivity index is 3.55. The Morgan fingerprint density at radius 3 is 1.77 bits per heavy atom. The number of hydrogen-bond donors (Lipinski definition) is 1. The molecule has 0 aromatic carbocycles. The summed E-state index contributed by atoms with van der Waals surface area (Å²) >= 11 is 0. The van der Waals surface area contributed by atoms with Crippen LogP contribution in [0.15, 0.2) is 12.2 Å². The predicted molar refractivity (Wildman–Crippen MR) is 118 cm³/mol. The third-order valence-corrected chi connectivity index (χ3v) is 4.92. The molecule has 0 amide bonds. The van der Waals surface area contributed by atoms with Crippen molar-refractivity contribution in [3.05, 3.63) is 12.2 Å². The number of rotatable bonds is 19. The van der Waals surface area contributed by atoms with E-state index in [-0.39, 0.29) is 6.42 Å². The lowest BCUT2D eigenvalue weighted by atomic mass is 10.1. The highest BCUT2D eigenvalue weighted by atomic mass is 16.6. The maximum Gasteiger partial charge on any atom is 0.347 e. The van der Waals surface area contributed by atoms with E-state index >= 15 is 0 Å². The van der Waals surface area contributed by atoms with E-state index in [4.69, 9.17) is 9.84 Å². The first kappa shape index (κ1) is 28.1. The summed E-state index contributed by atoms with van der Waals surface area (Å²) in [6.07, 6.45) is 17.9. The van der Waals surface area contributed by atoms with Crippen molar-refractivity contribution in [2.75, 3.05) is 0 Å². The summed E-state index contributed by atoms with van der Waals surface area (Å²) in [5.74, 6) is -2.54. The summed E-state index contributed by atoms with van der Waals surface area (Å²) in [4.78, 5) is 34.1. The van der Waals surface area contributed by atoms with Gasteiger partial charge in [-0.15, -0.1) is 0 Å². The Kier molecular flexibility index (Phi) is 18.0. The van der Waals surface area contributed by atoms with Crippen LogP contribution in [0.3, 0.4) is 0 Å². The third-order valence-electron chi connectivity index (χ3n) is 4.92. The van der Waals surface area contributed by atoms with Gasteiger partial charge < -0.3 is 14.6 Å². The highest BCUT2D eigenvalue weighted by Crippen LogP contribution is 2.11. The summed E-state index contributed by atoms with van der Waals surface area (Å²) in [6, 6.07) is 0. The van der Waals surface area contributed by atoms with Crippen molar-refractivity contribution in [1.82, 2.24) is 0 Å². The molecule has 0 radical (unpaired) electrons. The van der Waals surface area contributed by atoms with Crippen LogP contribution in [0.5, 0.6) is 0 Å². The van der Waals surface area contributed by atoms with Gasteiger partial charge in [-0.05, 0) is 46.0 Å². The zero-order valence-electron chi connectivity index (χ0n) is 19.2. The minimum Gasteiger partial charge on any atom is -0.479 e. The molecule has 0 aliphatic carbocycles. The third kappa shape index (κ3) is 17.0. The lowest BCUT2D eigenvalue weighted by Crippen LogP contribution is -2.32. The first-order valence-electron chi connectivity index (χ1n) is 11.7. The van der Waals surface area contributed by atoms with Crippen molar-refractivity contribution in [3.63, 3.8) is 0 Å². The summed E-state index contributed by atoms with van der Waals surface area (Å²) in [6.45, 7) is 4.88. The summed E-state index contributed by atoms with van der Waals surface area (Å²) < 4.78 is 9.68. The lowest BCUT2D eigenvalue weighted by molar-refractivity contribution is -0.174. The zero-order chi connectivity index (χ0) is 22.6. The number of aliphatic carboxylic acids is 1. The van der Waals surface area contributed by atoms with Gasteiger partial charge in [0.2, 0.25) is 0 Å². The summed E-state index contributed by atoms with van der Waals surface area (Å²) in [5, 5.41) is 8.71. The Morgan fingerprint density at radius 1 is 0.733 bits per heavy atom. The van der Waals surface area contributed by atoms with Gasteiger partial charge in [0.05, 0.1) is 0 Å². The van der Waals surface area contributed by atoms with Crippen LogP contribution in [0, 0.1) is 0 Å². The van der Waals surface area contributed by atoms with E-state index in [2.05, 4.69) is 23.8 Å². The fourth-order valence-corrected chi connectivity index (χ4v) is 2.96. The molecule has 0 aromatic heterocycles. The molecule has 0 aliphatic heterocycles. The molecule has 6 nitrogen and oxygen atoms in total. The molecule has 0 saturated heterocycles. The number of carboxylic acid groups (broad SMARTS) is 1. The zero-order valence-corrected chi connectivity index (χ0v) is 19.2. The van der Waals surface area contributed by atoms with Gasteiger partial charge in [-0.25, -0.2) is 9.59 Å². The standard InChI is InChI=1S/C24H42O6/c1-4-5-6-7-8-9-10-11-12-13-14-15-16-17-18-19-22(25)29-21(3)24(28)30-20(2)23(26)27/h11-12,20-21H,4-10,13-19H2,1-3H3,(H,26,27)/b12-11-/t20-,21-/m0/s1. The number of carbonyl (C=O) groups is 3. The lowest BCUT2D eigenvalue weighted by Gasteiger charge is -2.14. The molecule has 0 fully saturated rings. The highest BCUT2D eigenvalue weighted by molar-refractivity contribution is 5.82. The van der Waals surface area contributed by atoms with Crippen LogP contribution in [-0.2, 0) is 23.9 Å². The Morgan fingerprint density at radius 2 is 1.23 bits per heavy atom. The van der Waals surface area contributed by atoms with E-state index in [1.165, 1.54) is 65.2 Å². The van der Waals surface area contributed by atoms with Gasteiger partial charge in [-0.1, -0.05) is 70.4 Å². The second-order valence-corrected chi connectivity index (χ2v) is 7.88. The smallest absolute Gasteiger partial charge is 0.347 e. The van der Waals surface area contributed by atoms with Gasteiger partial charge in [0, 0.05) is 6.42 Å². The van der Waals surface area contributed by atoms with Gasteiger partial charge in [0.25, 0.3) is 0 Å². The first-order chi connectivity index (χ1) is 14.4. The first-order valence-corrected chi connectivity index (χ1v) is 11.7. The molecule has 0 rings (SSSR count). The molecular weight excluding hydrogens is 384 g/mol. The van der Waals surface area contributed by atoms with E-state index < -0.39 is 30.1 Å². The van der Waals surface area contributed by atoms with Crippen molar-refractivity contribution in [1.29, 1.82) is 0 Å². The molecule has 0 aromatic rings. The Hall–Kier alpha value is -1.85. The van der Waals surface area contributed by atoms with Gasteiger partial charge in [0.15, 0.2) is 12.2 Å². The highest BCUT2D eigenvalue weighted by Gasteiger charge is 2.23. The van der Waals surface area contributed by atoms with Crippen molar-refractivity contribution in [2.45, 2.75) is 123 Å². The quantitative estimate of drug-likeness (QED) is 0.155. The van der Waals surface area contributed by atoms with Crippen molar-refractivity contribution >= 4 is 17.9 Å². The topological polar surface area (TPSA) is 89.9 Å². The Bertz CT molecular complexity index is 500. The van der Waals surface area contributed by atoms with Gasteiger partial charge >= 0.3 is 17.9 Å². The average Bonchev–Trinajstić information content (AvgIpc) is 2.70. The molecule has 0 unspecified atom stereocenters. The number of hydrogen-bond acceptors (Lipinski definition) is 5. The monoisotopic (exact) mass is 426 g/mol. The largest absolute Gasteiger partial charge is 0.479 e. The van der Waals surface area contributed by atoms with Crippen molar-refractivity contribution in [2.24, 2.45) is 0 Å². The fourth-order valence-electron chi connectivity index (χ4n) is 2.96. The van der Waals surface area contributed by atoms with Crippen LogP contribution < -0.4 is 0 Å². The molecule has 0 spiro atoms. The average molecular weight is 427 g/mol. The molecule has 6 heteroatoms. The van der Waals surface area contributed by atoms with E-state index in [1.54, 1.807) is 0 Å². The maximum atomic E-state index is 11.8. The summed E-state index contributed by atoms with van der Waals surface area (Å²) in [7, 11) is 0. The van der Waals surface area contributed by atoms with Crippen LogP contribution in [0.4, 0.5) is 0 Å². The number of esters is 2. The van der Waals surface area contributed by atoms with E-state index in [0.29, 0.717) is 0 Å². The predicted octanol–water partition coefficient (Wildman–Crippen LogP) is 5.97. The SMILES string of the molecule is CCCCCCCC/C=C\CCCCCCCC(=O)O[C@@H](C)C(=O)O[C@@H](C)C(=O)O. The molecule has 1 N–H and O–H groups in total. The van der Waals surface area contributed by atoms with E-state index in [0.717, 1.165) is 32.1 Å². The molecule has 0 heterocycles. The number of carboxylic acids is 1. The molecule has 0 aliphatic rings. The van der Waals surface area contributed by atoms with E-state index in [9.17, 15) is 14.4 Å². The van der Waals surface area contributed by atoms with Crippen LogP contribution in [0.2, 0.25) is 0 Å². The van der Waals surface area contributed by atoms with Gasteiger partial charge in [0.1, 0.15) is 0 Å². The van der Waals surface area contributed by atoms with Crippen LogP contribution >= 0.6 is 0 Å². The fraction of sp³-hybridized carbons (Fsp3) is 0.792. The molecule has 0 saturated carbocycles.